The molecule has 1 saturated carbocycles. The Balaban J connectivity index is 1.54. The summed E-state index contributed by atoms with van der Waals surface area (Å²) in [5.41, 5.74) is 2.66. The summed E-state index contributed by atoms with van der Waals surface area (Å²) >= 11 is 0. The summed E-state index contributed by atoms with van der Waals surface area (Å²) in [5.74, 6) is 0.0883. The van der Waals surface area contributed by atoms with Gasteiger partial charge in [-0.05, 0) is 67.1 Å². The van der Waals surface area contributed by atoms with Crippen molar-refractivity contribution in [3.05, 3.63) is 95.6 Å². The molecule has 6 heteroatoms. The maximum atomic E-state index is 13.9. The SMILES string of the molecule is CC(C)CCN(CC(=O)N(Cc1cccn1Cc1ccc(F)cc1)C1CCCCC1)C(=O)c1ccccc1. The van der Waals surface area contributed by atoms with Gasteiger partial charge in [0.15, 0.2) is 0 Å². The molecule has 2 aromatic carbocycles. The van der Waals surface area contributed by atoms with Crippen molar-refractivity contribution in [3.63, 3.8) is 0 Å². The van der Waals surface area contributed by atoms with E-state index in [1.54, 1.807) is 17.0 Å². The lowest BCUT2D eigenvalue weighted by Gasteiger charge is -2.36. The lowest BCUT2D eigenvalue weighted by atomic mass is 9.94. The quantitative estimate of drug-likeness (QED) is 0.290. The topological polar surface area (TPSA) is 45.6 Å². The molecule has 0 unspecified atom stereocenters. The van der Waals surface area contributed by atoms with E-state index in [-0.39, 0.29) is 30.2 Å². The standard InChI is InChI=1S/C32H40FN3O2/c1-25(2)19-21-35(32(38)27-10-5-3-6-11-27)24-31(37)36(29-12-7-4-8-13-29)23-30-14-9-20-34(30)22-26-15-17-28(33)18-16-26/h3,5-6,9-11,14-18,20,25,29H,4,7-8,12-13,19,21-24H2,1-2H3. The van der Waals surface area contributed by atoms with Crippen molar-refractivity contribution in [1.29, 1.82) is 0 Å². The van der Waals surface area contributed by atoms with Crippen LogP contribution in [0, 0.1) is 11.7 Å². The van der Waals surface area contributed by atoms with Crippen molar-refractivity contribution in [2.75, 3.05) is 13.1 Å². The van der Waals surface area contributed by atoms with Crippen LogP contribution in [0.15, 0.2) is 72.9 Å². The van der Waals surface area contributed by atoms with Gasteiger partial charge in [-0.2, -0.15) is 0 Å². The molecule has 1 aliphatic rings. The van der Waals surface area contributed by atoms with E-state index >= 15 is 0 Å². The lowest BCUT2D eigenvalue weighted by Crippen LogP contribution is -2.48. The van der Waals surface area contributed by atoms with Crippen LogP contribution in [0.25, 0.3) is 0 Å². The Morgan fingerprint density at radius 2 is 1.66 bits per heavy atom. The minimum atomic E-state index is -0.248. The molecule has 38 heavy (non-hydrogen) atoms. The monoisotopic (exact) mass is 517 g/mol. The summed E-state index contributed by atoms with van der Waals surface area (Å²) in [6, 6.07) is 20.0. The van der Waals surface area contributed by atoms with Crippen LogP contribution in [0.2, 0.25) is 0 Å². The molecular formula is C32H40FN3O2. The third-order valence-corrected chi connectivity index (χ3v) is 7.47. The minimum Gasteiger partial charge on any atom is -0.345 e. The van der Waals surface area contributed by atoms with Crippen LogP contribution in [-0.4, -0.2) is 45.3 Å². The number of amides is 2. The lowest BCUT2D eigenvalue weighted by molar-refractivity contribution is -0.135. The first kappa shape index (κ1) is 27.6. The number of aromatic nitrogens is 1. The average Bonchev–Trinajstić information content (AvgIpc) is 3.37. The van der Waals surface area contributed by atoms with Crippen LogP contribution >= 0.6 is 0 Å². The molecule has 0 radical (unpaired) electrons. The molecule has 0 bridgehead atoms. The van der Waals surface area contributed by atoms with Crippen LogP contribution in [-0.2, 0) is 17.9 Å². The molecule has 5 nitrogen and oxygen atoms in total. The van der Waals surface area contributed by atoms with Crippen LogP contribution < -0.4 is 0 Å². The zero-order chi connectivity index (χ0) is 26.9. The summed E-state index contributed by atoms with van der Waals surface area (Å²) in [7, 11) is 0. The largest absolute Gasteiger partial charge is 0.345 e. The Hall–Kier alpha value is -3.41. The third kappa shape index (κ3) is 7.56. The van der Waals surface area contributed by atoms with Gasteiger partial charge in [0.25, 0.3) is 5.91 Å². The highest BCUT2D eigenvalue weighted by molar-refractivity contribution is 5.96. The predicted octanol–water partition coefficient (Wildman–Crippen LogP) is 6.53. The molecular weight excluding hydrogens is 477 g/mol. The number of halogens is 1. The number of carbonyl (C=O) groups excluding carboxylic acids is 2. The van der Waals surface area contributed by atoms with E-state index in [1.165, 1.54) is 18.6 Å². The number of hydrogen-bond acceptors (Lipinski definition) is 2. The number of rotatable bonds is 11. The number of hydrogen-bond donors (Lipinski definition) is 0. The second kappa shape index (κ2) is 13.4. The summed E-state index contributed by atoms with van der Waals surface area (Å²) in [5, 5.41) is 0. The summed E-state index contributed by atoms with van der Waals surface area (Å²) in [6.45, 7) is 6.01. The second-order valence-electron chi connectivity index (χ2n) is 10.8. The summed E-state index contributed by atoms with van der Waals surface area (Å²) < 4.78 is 15.5. The van der Waals surface area contributed by atoms with E-state index in [0.717, 1.165) is 43.4 Å². The van der Waals surface area contributed by atoms with Crippen LogP contribution in [0.1, 0.15) is 74.0 Å². The Kier molecular flexibility index (Phi) is 9.74. The zero-order valence-electron chi connectivity index (χ0n) is 22.7. The molecule has 202 valence electrons. The van der Waals surface area contributed by atoms with Gasteiger partial charge in [-0.15, -0.1) is 0 Å². The van der Waals surface area contributed by atoms with Gasteiger partial charge in [-0.1, -0.05) is 63.4 Å². The summed E-state index contributed by atoms with van der Waals surface area (Å²) in [4.78, 5) is 31.1. The molecule has 3 aromatic rings. The van der Waals surface area contributed by atoms with Gasteiger partial charge in [-0.25, -0.2) is 4.39 Å². The third-order valence-electron chi connectivity index (χ3n) is 7.47. The van der Waals surface area contributed by atoms with Crippen molar-refractivity contribution >= 4 is 11.8 Å². The smallest absolute Gasteiger partial charge is 0.254 e. The number of carbonyl (C=O) groups is 2. The molecule has 1 fully saturated rings. The van der Waals surface area contributed by atoms with E-state index in [0.29, 0.717) is 31.1 Å². The second-order valence-corrected chi connectivity index (χ2v) is 10.8. The van der Waals surface area contributed by atoms with Gasteiger partial charge in [0.1, 0.15) is 12.4 Å². The van der Waals surface area contributed by atoms with Crippen molar-refractivity contribution < 1.29 is 14.0 Å². The molecule has 0 atom stereocenters. The Labute approximate surface area is 226 Å². The van der Waals surface area contributed by atoms with Crippen molar-refractivity contribution in [3.8, 4) is 0 Å². The van der Waals surface area contributed by atoms with Gasteiger partial charge < -0.3 is 14.4 Å². The van der Waals surface area contributed by atoms with Gasteiger partial charge in [0.2, 0.25) is 5.91 Å². The van der Waals surface area contributed by atoms with Gasteiger partial charge >= 0.3 is 0 Å². The summed E-state index contributed by atoms with van der Waals surface area (Å²) in [6.07, 6.45) is 8.26. The Bertz CT molecular complexity index is 1170. The molecule has 0 saturated heterocycles. The first-order chi connectivity index (χ1) is 18.4. The van der Waals surface area contributed by atoms with E-state index in [4.69, 9.17) is 0 Å². The molecule has 2 amide bonds. The van der Waals surface area contributed by atoms with Crippen molar-refractivity contribution in [1.82, 2.24) is 14.4 Å². The fourth-order valence-electron chi connectivity index (χ4n) is 5.21. The number of nitrogens with zero attached hydrogens (tertiary/aromatic N) is 3. The van der Waals surface area contributed by atoms with Gasteiger partial charge in [0.05, 0.1) is 6.54 Å². The fraction of sp³-hybridized carbons (Fsp3) is 0.438. The Morgan fingerprint density at radius 1 is 0.947 bits per heavy atom. The normalized spacial score (nSPS) is 14.0. The van der Waals surface area contributed by atoms with E-state index < -0.39 is 0 Å². The number of benzene rings is 2. The molecule has 1 heterocycles. The first-order valence-electron chi connectivity index (χ1n) is 13.9. The zero-order valence-corrected chi connectivity index (χ0v) is 22.7. The van der Waals surface area contributed by atoms with E-state index in [1.807, 2.05) is 47.5 Å². The molecule has 1 aliphatic carbocycles. The predicted molar refractivity (Wildman–Crippen MR) is 149 cm³/mol. The molecule has 0 N–H and O–H groups in total. The maximum Gasteiger partial charge on any atom is 0.254 e. The van der Waals surface area contributed by atoms with Gasteiger partial charge in [-0.3, -0.25) is 9.59 Å². The highest BCUT2D eigenvalue weighted by Gasteiger charge is 2.29. The van der Waals surface area contributed by atoms with Crippen molar-refractivity contribution in [2.45, 2.75) is 71.5 Å². The van der Waals surface area contributed by atoms with Gasteiger partial charge in [0, 0.05) is 36.6 Å². The fourth-order valence-corrected chi connectivity index (χ4v) is 5.21. The van der Waals surface area contributed by atoms with Crippen molar-refractivity contribution in [2.24, 2.45) is 5.92 Å². The maximum absolute atomic E-state index is 13.9. The van der Waals surface area contributed by atoms with E-state index in [9.17, 15) is 14.0 Å². The van der Waals surface area contributed by atoms with Crippen LogP contribution in [0.4, 0.5) is 4.39 Å². The Morgan fingerprint density at radius 3 is 2.34 bits per heavy atom. The van der Waals surface area contributed by atoms with Crippen LogP contribution in [0.3, 0.4) is 0 Å². The molecule has 0 aliphatic heterocycles. The molecule has 1 aromatic heterocycles. The van der Waals surface area contributed by atoms with Crippen LogP contribution in [0.5, 0.6) is 0 Å². The average molecular weight is 518 g/mol. The minimum absolute atomic E-state index is 0.000491. The molecule has 4 rings (SSSR count). The molecule has 0 spiro atoms. The highest BCUT2D eigenvalue weighted by atomic mass is 19.1. The first-order valence-corrected chi connectivity index (χ1v) is 13.9. The van der Waals surface area contributed by atoms with E-state index in [2.05, 4.69) is 24.5 Å². The highest BCUT2D eigenvalue weighted by Crippen LogP contribution is 2.25.